The first-order valence-corrected chi connectivity index (χ1v) is 9.60. The van der Waals surface area contributed by atoms with Crippen LogP contribution in [-0.2, 0) is 6.54 Å². The van der Waals surface area contributed by atoms with Gasteiger partial charge in [-0.2, -0.15) is 5.10 Å². The van der Waals surface area contributed by atoms with E-state index in [4.69, 9.17) is 16.6 Å². The van der Waals surface area contributed by atoms with Gasteiger partial charge in [-0.1, -0.05) is 59.1 Å². The molecule has 4 rings (SSSR count). The average Bonchev–Trinajstić information content (AvgIpc) is 3.06. The number of amides is 2. The van der Waals surface area contributed by atoms with E-state index >= 15 is 0 Å². The van der Waals surface area contributed by atoms with Crippen LogP contribution < -0.4 is 10.6 Å². The van der Waals surface area contributed by atoms with Gasteiger partial charge in [0.15, 0.2) is 5.65 Å². The molecule has 2 heterocycles. The average molecular weight is 406 g/mol. The van der Waals surface area contributed by atoms with Crippen molar-refractivity contribution in [3.05, 3.63) is 82.6 Å². The summed E-state index contributed by atoms with van der Waals surface area (Å²) in [4.78, 5) is 17.1. The second-order valence-electron chi connectivity index (χ2n) is 6.87. The Morgan fingerprint density at radius 3 is 2.31 bits per heavy atom. The zero-order valence-electron chi connectivity index (χ0n) is 16.1. The molecule has 0 saturated heterocycles. The summed E-state index contributed by atoms with van der Waals surface area (Å²) in [5, 5.41) is 10.4. The second-order valence-corrected chi connectivity index (χ2v) is 7.26. The number of nitrogens with zero attached hydrogens (tertiary/aromatic N) is 3. The largest absolute Gasteiger partial charge is 0.332 e. The number of aromatic nitrogens is 3. The standard InChI is InChI=1S/C22H20ClN5O/c1-14-3-7-16(8-4-14)21-18(28-20(26-21)12-11-19(23)27-28)13-24-22(29)25-17-9-5-15(2)6-10-17/h3-12H,13H2,1-2H3,(H2,24,25,29). The van der Waals surface area contributed by atoms with Crippen LogP contribution in [0.4, 0.5) is 10.5 Å². The summed E-state index contributed by atoms with van der Waals surface area (Å²) in [5.41, 5.74) is 6.16. The highest BCUT2D eigenvalue weighted by molar-refractivity contribution is 6.29. The van der Waals surface area contributed by atoms with E-state index in [0.29, 0.717) is 10.8 Å². The highest BCUT2D eigenvalue weighted by atomic mass is 35.5. The first kappa shape index (κ1) is 19.0. The Balaban J connectivity index is 1.61. The first-order chi connectivity index (χ1) is 14.0. The van der Waals surface area contributed by atoms with Crippen LogP contribution in [0.25, 0.3) is 16.9 Å². The number of urea groups is 1. The van der Waals surface area contributed by atoms with Gasteiger partial charge in [0.1, 0.15) is 5.15 Å². The highest BCUT2D eigenvalue weighted by Gasteiger charge is 2.16. The Morgan fingerprint density at radius 1 is 0.966 bits per heavy atom. The first-order valence-electron chi connectivity index (χ1n) is 9.22. The van der Waals surface area contributed by atoms with Crippen molar-refractivity contribution in [1.29, 1.82) is 0 Å². The third kappa shape index (κ3) is 4.22. The van der Waals surface area contributed by atoms with Crippen molar-refractivity contribution in [2.24, 2.45) is 0 Å². The quantitative estimate of drug-likeness (QED) is 0.502. The third-order valence-electron chi connectivity index (χ3n) is 4.59. The molecule has 0 saturated carbocycles. The van der Waals surface area contributed by atoms with E-state index in [0.717, 1.165) is 33.8 Å². The second kappa shape index (κ2) is 7.93. The molecule has 0 aliphatic rings. The molecule has 2 amide bonds. The molecule has 4 aromatic rings. The molecule has 0 fully saturated rings. The number of hydrogen-bond acceptors (Lipinski definition) is 3. The molecule has 2 aromatic heterocycles. The molecule has 2 aromatic carbocycles. The minimum absolute atomic E-state index is 0.245. The number of benzene rings is 2. The van der Waals surface area contributed by atoms with Crippen molar-refractivity contribution in [2.75, 3.05) is 5.32 Å². The monoisotopic (exact) mass is 405 g/mol. The lowest BCUT2D eigenvalue weighted by Crippen LogP contribution is -2.29. The molecule has 146 valence electrons. The van der Waals surface area contributed by atoms with Crippen LogP contribution in [0, 0.1) is 13.8 Å². The number of anilines is 1. The van der Waals surface area contributed by atoms with Gasteiger partial charge >= 0.3 is 6.03 Å². The lowest BCUT2D eigenvalue weighted by Gasteiger charge is -2.09. The molecule has 7 heteroatoms. The smallest absolute Gasteiger partial charge is 0.319 e. The van der Waals surface area contributed by atoms with E-state index in [1.807, 2.05) is 68.4 Å². The maximum Gasteiger partial charge on any atom is 0.319 e. The molecular formula is C22H20ClN5O. The number of halogens is 1. The van der Waals surface area contributed by atoms with E-state index in [9.17, 15) is 4.79 Å². The van der Waals surface area contributed by atoms with E-state index in [1.54, 1.807) is 10.6 Å². The van der Waals surface area contributed by atoms with Gasteiger partial charge in [0.25, 0.3) is 0 Å². The minimum Gasteiger partial charge on any atom is -0.332 e. The predicted octanol–water partition coefficient (Wildman–Crippen LogP) is 4.99. The summed E-state index contributed by atoms with van der Waals surface area (Å²) in [6, 6.07) is 18.9. The van der Waals surface area contributed by atoms with Crippen molar-refractivity contribution in [3.8, 4) is 11.3 Å². The summed E-state index contributed by atoms with van der Waals surface area (Å²) in [6.45, 7) is 4.28. The number of nitrogens with one attached hydrogen (secondary N) is 2. The predicted molar refractivity (Wildman–Crippen MR) is 115 cm³/mol. The molecule has 0 bridgehead atoms. The van der Waals surface area contributed by atoms with Gasteiger partial charge in [-0.15, -0.1) is 0 Å². The van der Waals surface area contributed by atoms with Gasteiger partial charge in [-0.05, 0) is 38.1 Å². The van der Waals surface area contributed by atoms with Gasteiger partial charge in [0, 0.05) is 11.3 Å². The van der Waals surface area contributed by atoms with Crippen molar-refractivity contribution in [1.82, 2.24) is 19.9 Å². The molecule has 0 unspecified atom stereocenters. The SMILES string of the molecule is Cc1ccc(NC(=O)NCc2c(-c3ccc(C)cc3)nc3ccc(Cl)nn23)cc1. The molecule has 0 aliphatic carbocycles. The third-order valence-corrected chi connectivity index (χ3v) is 4.79. The van der Waals surface area contributed by atoms with E-state index in [2.05, 4.69) is 15.7 Å². The number of carbonyl (C=O) groups excluding carboxylic acids is 1. The van der Waals surface area contributed by atoms with Crippen LogP contribution in [0.5, 0.6) is 0 Å². The summed E-state index contributed by atoms with van der Waals surface area (Å²) < 4.78 is 1.67. The zero-order chi connectivity index (χ0) is 20.4. The van der Waals surface area contributed by atoms with Crippen molar-refractivity contribution in [2.45, 2.75) is 20.4 Å². The zero-order valence-corrected chi connectivity index (χ0v) is 16.9. The topological polar surface area (TPSA) is 71.3 Å². The molecule has 0 spiro atoms. The van der Waals surface area contributed by atoms with Gasteiger partial charge in [-0.25, -0.2) is 14.3 Å². The fourth-order valence-corrected chi connectivity index (χ4v) is 3.17. The minimum atomic E-state index is -0.305. The lowest BCUT2D eigenvalue weighted by atomic mass is 10.1. The van der Waals surface area contributed by atoms with Gasteiger partial charge in [-0.3, -0.25) is 0 Å². The number of fused-ring (bicyclic) bond motifs is 1. The number of carbonyl (C=O) groups is 1. The fourth-order valence-electron chi connectivity index (χ4n) is 3.03. The maximum absolute atomic E-state index is 12.4. The molecule has 0 aliphatic heterocycles. The van der Waals surface area contributed by atoms with Crippen molar-refractivity contribution < 1.29 is 4.79 Å². The number of rotatable bonds is 4. The van der Waals surface area contributed by atoms with Crippen LogP contribution in [0.3, 0.4) is 0 Å². The lowest BCUT2D eigenvalue weighted by molar-refractivity contribution is 0.251. The Labute approximate surface area is 173 Å². The molecule has 6 nitrogen and oxygen atoms in total. The van der Waals surface area contributed by atoms with Crippen molar-refractivity contribution in [3.63, 3.8) is 0 Å². The molecule has 0 atom stereocenters. The van der Waals surface area contributed by atoms with Crippen LogP contribution >= 0.6 is 11.6 Å². The van der Waals surface area contributed by atoms with Crippen LogP contribution in [-0.4, -0.2) is 20.6 Å². The Hall–Kier alpha value is -3.38. The fraction of sp³-hybridized carbons (Fsp3) is 0.136. The normalized spacial score (nSPS) is 10.9. The van der Waals surface area contributed by atoms with Gasteiger partial charge < -0.3 is 10.6 Å². The molecular weight excluding hydrogens is 386 g/mol. The van der Waals surface area contributed by atoms with Gasteiger partial charge in [0.2, 0.25) is 0 Å². The number of imidazole rings is 1. The Morgan fingerprint density at radius 2 is 1.62 bits per heavy atom. The molecule has 2 N–H and O–H groups in total. The summed E-state index contributed by atoms with van der Waals surface area (Å²) >= 11 is 6.09. The maximum atomic E-state index is 12.4. The van der Waals surface area contributed by atoms with E-state index in [1.165, 1.54) is 0 Å². The van der Waals surface area contributed by atoms with Crippen LogP contribution in [0.1, 0.15) is 16.8 Å². The van der Waals surface area contributed by atoms with Gasteiger partial charge in [0.05, 0.1) is 17.9 Å². The molecule has 0 radical (unpaired) electrons. The van der Waals surface area contributed by atoms with Crippen LogP contribution in [0.15, 0.2) is 60.7 Å². The van der Waals surface area contributed by atoms with E-state index in [-0.39, 0.29) is 12.6 Å². The summed E-state index contributed by atoms with van der Waals surface area (Å²) in [5.74, 6) is 0. The Kier molecular flexibility index (Phi) is 5.18. The number of aryl methyl sites for hydroxylation is 2. The summed E-state index contributed by atoms with van der Waals surface area (Å²) in [6.07, 6.45) is 0. The Bertz CT molecular complexity index is 1170. The van der Waals surface area contributed by atoms with Crippen molar-refractivity contribution >= 4 is 29.0 Å². The summed E-state index contributed by atoms with van der Waals surface area (Å²) in [7, 11) is 0. The van der Waals surface area contributed by atoms with Crippen LogP contribution in [0.2, 0.25) is 5.15 Å². The molecule has 29 heavy (non-hydrogen) atoms. The highest BCUT2D eigenvalue weighted by Crippen LogP contribution is 2.25. The number of hydrogen-bond donors (Lipinski definition) is 2. The van der Waals surface area contributed by atoms with E-state index < -0.39 is 0 Å².